The van der Waals surface area contributed by atoms with E-state index in [0.29, 0.717) is 17.8 Å². The Kier molecular flexibility index (Phi) is 1.80. The monoisotopic (exact) mass is 203 g/mol. The summed E-state index contributed by atoms with van der Waals surface area (Å²) in [6.07, 6.45) is 2.13. The lowest BCUT2D eigenvalue weighted by molar-refractivity contribution is 0.464. The van der Waals surface area contributed by atoms with E-state index in [1.165, 1.54) is 5.57 Å². The van der Waals surface area contributed by atoms with Gasteiger partial charge in [-0.1, -0.05) is 25.5 Å². The molecule has 2 rings (SSSR count). The summed E-state index contributed by atoms with van der Waals surface area (Å²) in [7, 11) is -4.03. The van der Waals surface area contributed by atoms with E-state index in [1.54, 1.807) is 0 Å². The second kappa shape index (κ2) is 2.56. The minimum Gasteiger partial charge on any atom is -0.273 e. The minimum atomic E-state index is -4.03. The van der Waals surface area contributed by atoms with Crippen LogP contribution in [0.15, 0.2) is 11.6 Å². The van der Waals surface area contributed by atoms with Crippen molar-refractivity contribution in [3.8, 4) is 0 Å². The molecule has 0 aromatic rings. The van der Waals surface area contributed by atoms with Crippen LogP contribution in [0.2, 0.25) is 0 Å². The first-order valence-corrected chi connectivity index (χ1v) is 5.80. The van der Waals surface area contributed by atoms with Crippen LogP contribution < -0.4 is 4.72 Å². The van der Waals surface area contributed by atoms with Crippen molar-refractivity contribution in [2.75, 3.05) is 0 Å². The van der Waals surface area contributed by atoms with Crippen molar-refractivity contribution in [3.63, 3.8) is 0 Å². The Labute approximate surface area is 77.9 Å². The highest BCUT2D eigenvalue weighted by molar-refractivity contribution is 7.83. The van der Waals surface area contributed by atoms with Crippen molar-refractivity contribution in [2.24, 2.45) is 17.8 Å². The summed E-state index contributed by atoms with van der Waals surface area (Å²) in [5.74, 6) is 1.16. The van der Waals surface area contributed by atoms with E-state index in [0.717, 1.165) is 0 Å². The van der Waals surface area contributed by atoms with Crippen LogP contribution in [0.5, 0.6) is 0 Å². The van der Waals surface area contributed by atoms with E-state index in [4.69, 9.17) is 4.55 Å². The predicted molar refractivity (Wildman–Crippen MR) is 48.4 cm³/mol. The van der Waals surface area contributed by atoms with E-state index in [2.05, 4.69) is 17.7 Å². The van der Waals surface area contributed by atoms with E-state index in [1.807, 2.05) is 6.92 Å². The van der Waals surface area contributed by atoms with Crippen LogP contribution in [-0.2, 0) is 10.3 Å². The standard InChI is InChI=1S/C8H13NO3S/c1-4-3-6(4)7-5(2)8(7)9-13(10,11)12/h3-5,7-9H,1-2H3,(H,10,11,12)/t4-,5?,7?,8?/m1/s1. The zero-order chi connectivity index (χ0) is 9.80. The fraction of sp³-hybridized carbons (Fsp3) is 0.750. The van der Waals surface area contributed by atoms with Gasteiger partial charge >= 0.3 is 10.3 Å². The Morgan fingerprint density at radius 1 is 1.46 bits per heavy atom. The van der Waals surface area contributed by atoms with Gasteiger partial charge in [0, 0.05) is 12.0 Å². The van der Waals surface area contributed by atoms with Crippen LogP contribution in [0.4, 0.5) is 0 Å². The van der Waals surface area contributed by atoms with E-state index in [9.17, 15) is 8.42 Å². The molecule has 1 saturated carbocycles. The fourth-order valence-electron chi connectivity index (χ4n) is 1.98. The maximum Gasteiger partial charge on any atom is 0.333 e. The summed E-state index contributed by atoms with van der Waals surface area (Å²) in [4.78, 5) is 0. The van der Waals surface area contributed by atoms with Crippen LogP contribution >= 0.6 is 0 Å². The summed E-state index contributed by atoms with van der Waals surface area (Å²) in [5.41, 5.74) is 1.33. The minimum absolute atomic E-state index is 0.0915. The lowest BCUT2D eigenvalue weighted by atomic mass is 10.2. The van der Waals surface area contributed by atoms with Gasteiger partial charge in [-0.25, -0.2) is 0 Å². The van der Waals surface area contributed by atoms with Gasteiger partial charge in [-0.15, -0.1) is 0 Å². The molecule has 4 nitrogen and oxygen atoms in total. The Bertz CT molecular complexity index is 360. The maximum absolute atomic E-state index is 10.5. The van der Waals surface area contributed by atoms with E-state index >= 15 is 0 Å². The third-order valence-electron chi connectivity index (χ3n) is 2.91. The van der Waals surface area contributed by atoms with Gasteiger partial charge in [0.2, 0.25) is 0 Å². The molecule has 74 valence electrons. The van der Waals surface area contributed by atoms with Gasteiger partial charge in [-0.2, -0.15) is 13.1 Å². The highest BCUT2D eigenvalue weighted by Gasteiger charge is 2.53. The lowest BCUT2D eigenvalue weighted by Gasteiger charge is -1.97. The molecule has 1 fully saturated rings. The third kappa shape index (κ3) is 1.77. The molecule has 13 heavy (non-hydrogen) atoms. The molecule has 4 atom stereocenters. The van der Waals surface area contributed by atoms with Crippen LogP contribution in [0.1, 0.15) is 13.8 Å². The van der Waals surface area contributed by atoms with Crippen molar-refractivity contribution in [2.45, 2.75) is 19.9 Å². The molecule has 0 radical (unpaired) electrons. The fourth-order valence-corrected chi connectivity index (χ4v) is 2.69. The molecule has 0 aromatic carbocycles. The highest BCUT2D eigenvalue weighted by atomic mass is 32.2. The number of allylic oxidation sites excluding steroid dienone is 1. The normalized spacial score (nSPS) is 42.8. The van der Waals surface area contributed by atoms with Crippen molar-refractivity contribution in [1.29, 1.82) is 0 Å². The quantitative estimate of drug-likeness (QED) is 0.521. The number of hydrogen-bond acceptors (Lipinski definition) is 2. The molecule has 2 aliphatic carbocycles. The van der Waals surface area contributed by atoms with Gasteiger partial charge in [-0.3, -0.25) is 4.55 Å². The zero-order valence-electron chi connectivity index (χ0n) is 7.56. The largest absolute Gasteiger partial charge is 0.333 e. The molecule has 0 bridgehead atoms. The highest BCUT2D eigenvalue weighted by Crippen LogP contribution is 2.52. The number of hydrogen-bond donors (Lipinski definition) is 2. The molecule has 2 N–H and O–H groups in total. The van der Waals surface area contributed by atoms with E-state index < -0.39 is 10.3 Å². The average Bonchev–Trinajstić information content (AvgIpc) is 2.75. The molecule has 0 spiro atoms. The average molecular weight is 203 g/mol. The third-order valence-corrected chi connectivity index (χ3v) is 3.48. The van der Waals surface area contributed by atoms with Gasteiger partial charge in [0.05, 0.1) is 0 Å². The Balaban J connectivity index is 1.95. The van der Waals surface area contributed by atoms with Crippen molar-refractivity contribution >= 4 is 10.3 Å². The van der Waals surface area contributed by atoms with Crippen LogP contribution in [0.25, 0.3) is 0 Å². The Morgan fingerprint density at radius 2 is 2.00 bits per heavy atom. The van der Waals surface area contributed by atoms with Crippen molar-refractivity contribution < 1.29 is 13.0 Å². The molecular weight excluding hydrogens is 190 g/mol. The summed E-state index contributed by atoms with van der Waals surface area (Å²) < 4.78 is 31.8. The van der Waals surface area contributed by atoms with Crippen LogP contribution in [-0.4, -0.2) is 19.0 Å². The number of rotatable bonds is 3. The molecule has 0 heterocycles. The predicted octanol–water partition coefficient (Wildman–Crippen LogP) is 0.589. The van der Waals surface area contributed by atoms with E-state index in [-0.39, 0.29) is 6.04 Å². The molecule has 0 aliphatic heterocycles. The zero-order valence-corrected chi connectivity index (χ0v) is 8.38. The summed E-state index contributed by atoms with van der Waals surface area (Å²) in [6.45, 7) is 4.07. The summed E-state index contributed by atoms with van der Waals surface area (Å²) in [5, 5.41) is 0. The topological polar surface area (TPSA) is 66.4 Å². The van der Waals surface area contributed by atoms with Crippen molar-refractivity contribution in [3.05, 3.63) is 11.6 Å². The molecule has 5 heteroatoms. The summed E-state index contributed by atoms with van der Waals surface area (Å²) >= 11 is 0. The first-order valence-electron chi connectivity index (χ1n) is 4.36. The lowest BCUT2D eigenvalue weighted by Crippen LogP contribution is -2.26. The molecule has 0 aromatic heterocycles. The molecule has 0 saturated heterocycles. The maximum atomic E-state index is 10.5. The van der Waals surface area contributed by atoms with Gasteiger partial charge in [0.1, 0.15) is 0 Å². The van der Waals surface area contributed by atoms with Crippen molar-refractivity contribution in [1.82, 2.24) is 4.72 Å². The molecule has 2 aliphatic rings. The summed E-state index contributed by atoms with van der Waals surface area (Å²) in [6, 6.07) is -0.0915. The van der Waals surface area contributed by atoms with Gasteiger partial charge in [0.15, 0.2) is 0 Å². The first-order chi connectivity index (χ1) is 5.90. The molecule has 0 amide bonds. The first kappa shape index (κ1) is 9.18. The SMILES string of the molecule is CC1C(NS(=O)(=O)O)C1C1=C[C@H]1C. The molecular formula is C8H13NO3S. The second-order valence-electron chi connectivity index (χ2n) is 3.96. The van der Waals surface area contributed by atoms with Crippen LogP contribution in [0.3, 0.4) is 0 Å². The van der Waals surface area contributed by atoms with Crippen LogP contribution in [0, 0.1) is 17.8 Å². The molecule has 3 unspecified atom stereocenters. The van der Waals surface area contributed by atoms with Gasteiger partial charge in [-0.05, 0) is 11.8 Å². The smallest absolute Gasteiger partial charge is 0.273 e. The number of nitrogens with one attached hydrogen (secondary N) is 1. The van der Waals surface area contributed by atoms with Gasteiger partial charge < -0.3 is 0 Å². The Hall–Kier alpha value is -0.390. The Morgan fingerprint density at radius 3 is 2.38 bits per heavy atom. The van der Waals surface area contributed by atoms with Gasteiger partial charge in [0.25, 0.3) is 0 Å². The second-order valence-corrected chi connectivity index (χ2v) is 5.14.